The minimum absolute atomic E-state index is 0.205. The van der Waals surface area contributed by atoms with Crippen molar-refractivity contribution in [1.29, 1.82) is 5.26 Å². The lowest BCUT2D eigenvalue weighted by molar-refractivity contribution is 0.0988. The van der Waals surface area contributed by atoms with Gasteiger partial charge >= 0.3 is 0 Å². The molecule has 3 rings (SSSR count). The number of para-hydroxylation sites is 2. The third-order valence-corrected chi connectivity index (χ3v) is 3.75. The largest absolute Gasteiger partial charge is 0.354 e. The topological polar surface area (TPSA) is 69.0 Å². The summed E-state index contributed by atoms with van der Waals surface area (Å²) >= 11 is 0. The fourth-order valence-corrected chi connectivity index (χ4v) is 2.41. The Morgan fingerprint density at radius 2 is 1.80 bits per heavy atom. The molecule has 1 heterocycles. The van der Waals surface area contributed by atoms with Crippen LogP contribution >= 0.6 is 0 Å². The number of pyridine rings is 1. The molecule has 122 valence electrons. The Morgan fingerprint density at radius 1 is 1.08 bits per heavy atom. The van der Waals surface area contributed by atoms with E-state index in [4.69, 9.17) is 0 Å². The maximum atomic E-state index is 12.7. The second-order valence-corrected chi connectivity index (χ2v) is 5.41. The minimum atomic E-state index is -0.205. The van der Waals surface area contributed by atoms with Crippen molar-refractivity contribution in [3.63, 3.8) is 0 Å². The SMILES string of the molecule is CN(C(=O)c1cc(Nc2ccccc2C#N)ccn1)c1ccccc1. The summed E-state index contributed by atoms with van der Waals surface area (Å²) in [6.07, 6.45) is 1.57. The van der Waals surface area contributed by atoms with Gasteiger partial charge in [-0.1, -0.05) is 30.3 Å². The van der Waals surface area contributed by atoms with Crippen LogP contribution < -0.4 is 10.2 Å². The number of nitrogens with one attached hydrogen (secondary N) is 1. The molecule has 0 atom stereocenters. The standard InChI is InChI=1S/C20H16N4O/c1-24(17-8-3-2-4-9-17)20(25)19-13-16(11-12-22-19)23-18-10-6-5-7-15(18)14-21/h2-13H,1H3,(H,22,23). The normalized spacial score (nSPS) is 9.92. The number of hydrogen-bond donors (Lipinski definition) is 1. The van der Waals surface area contributed by atoms with Crippen LogP contribution in [0.25, 0.3) is 0 Å². The summed E-state index contributed by atoms with van der Waals surface area (Å²) in [4.78, 5) is 18.4. The zero-order valence-corrected chi connectivity index (χ0v) is 13.7. The molecule has 3 aromatic rings. The Kier molecular flexibility index (Phi) is 4.72. The van der Waals surface area contributed by atoms with Gasteiger partial charge in [0.1, 0.15) is 11.8 Å². The molecule has 0 fully saturated rings. The maximum absolute atomic E-state index is 12.7. The second-order valence-electron chi connectivity index (χ2n) is 5.41. The molecule has 1 amide bonds. The van der Waals surface area contributed by atoms with Gasteiger partial charge in [-0.15, -0.1) is 0 Å². The van der Waals surface area contributed by atoms with Crippen LogP contribution in [0.2, 0.25) is 0 Å². The number of benzene rings is 2. The van der Waals surface area contributed by atoms with E-state index in [1.807, 2.05) is 42.5 Å². The van der Waals surface area contributed by atoms with Crippen LogP contribution in [0.3, 0.4) is 0 Å². The Hall–Kier alpha value is -3.65. The van der Waals surface area contributed by atoms with Gasteiger partial charge < -0.3 is 10.2 Å². The van der Waals surface area contributed by atoms with Gasteiger partial charge in [-0.2, -0.15) is 5.26 Å². The summed E-state index contributed by atoms with van der Waals surface area (Å²) < 4.78 is 0. The lowest BCUT2D eigenvalue weighted by Crippen LogP contribution is -2.27. The molecule has 0 aliphatic carbocycles. The van der Waals surface area contributed by atoms with Crippen LogP contribution in [0.1, 0.15) is 16.1 Å². The zero-order chi connectivity index (χ0) is 17.6. The molecule has 0 aliphatic heterocycles. The molecule has 0 unspecified atom stereocenters. The highest BCUT2D eigenvalue weighted by Gasteiger charge is 2.15. The van der Waals surface area contributed by atoms with Crippen LogP contribution in [-0.2, 0) is 0 Å². The van der Waals surface area contributed by atoms with Gasteiger partial charge in [0.15, 0.2) is 0 Å². The van der Waals surface area contributed by atoms with Crippen molar-refractivity contribution in [3.05, 3.63) is 84.2 Å². The van der Waals surface area contributed by atoms with E-state index in [2.05, 4.69) is 16.4 Å². The number of anilines is 3. The molecule has 2 aromatic carbocycles. The number of carbonyl (C=O) groups is 1. The molecule has 0 saturated carbocycles. The van der Waals surface area contributed by atoms with Crippen molar-refractivity contribution in [2.45, 2.75) is 0 Å². The van der Waals surface area contributed by atoms with E-state index in [-0.39, 0.29) is 5.91 Å². The molecule has 0 bridgehead atoms. The molecular formula is C20H16N4O. The van der Waals surface area contributed by atoms with Crippen molar-refractivity contribution in [3.8, 4) is 6.07 Å². The first-order valence-corrected chi connectivity index (χ1v) is 7.74. The number of rotatable bonds is 4. The molecule has 1 N–H and O–H groups in total. The predicted octanol–water partition coefficient (Wildman–Crippen LogP) is 3.97. The van der Waals surface area contributed by atoms with Crippen LogP contribution in [0.15, 0.2) is 72.9 Å². The smallest absolute Gasteiger partial charge is 0.276 e. The van der Waals surface area contributed by atoms with Crippen molar-refractivity contribution in [2.24, 2.45) is 0 Å². The predicted molar refractivity (Wildman–Crippen MR) is 97.9 cm³/mol. The first kappa shape index (κ1) is 16.2. The van der Waals surface area contributed by atoms with E-state index >= 15 is 0 Å². The number of aromatic nitrogens is 1. The molecule has 0 aliphatic rings. The molecule has 5 nitrogen and oxygen atoms in total. The first-order chi connectivity index (χ1) is 12.2. The number of nitrogens with zero attached hydrogens (tertiary/aromatic N) is 3. The van der Waals surface area contributed by atoms with E-state index < -0.39 is 0 Å². The highest BCUT2D eigenvalue weighted by Crippen LogP contribution is 2.21. The van der Waals surface area contributed by atoms with E-state index in [0.717, 1.165) is 5.69 Å². The lowest BCUT2D eigenvalue weighted by atomic mass is 10.2. The fraction of sp³-hybridized carbons (Fsp3) is 0.0500. The van der Waals surface area contributed by atoms with E-state index in [0.29, 0.717) is 22.6 Å². The number of hydrogen-bond acceptors (Lipinski definition) is 4. The molecular weight excluding hydrogens is 312 g/mol. The van der Waals surface area contributed by atoms with Crippen LogP contribution in [0.4, 0.5) is 17.1 Å². The van der Waals surface area contributed by atoms with E-state index in [1.54, 1.807) is 42.4 Å². The molecule has 0 radical (unpaired) electrons. The van der Waals surface area contributed by atoms with Crippen LogP contribution in [0, 0.1) is 11.3 Å². The summed E-state index contributed by atoms with van der Waals surface area (Å²) in [5.41, 5.74) is 3.04. The Bertz CT molecular complexity index is 932. The second kappa shape index (κ2) is 7.28. The summed E-state index contributed by atoms with van der Waals surface area (Å²) in [7, 11) is 1.71. The summed E-state index contributed by atoms with van der Waals surface area (Å²) in [6.45, 7) is 0. The number of amides is 1. The van der Waals surface area contributed by atoms with Crippen molar-refractivity contribution < 1.29 is 4.79 Å². The van der Waals surface area contributed by atoms with Crippen molar-refractivity contribution in [2.75, 3.05) is 17.3 Å². The van der Waals surface area contributed by atoms with Crippen molar-refractivity contribution in [1.82, 2.24) is 4.98 Å². The Morgan fingerprint density at radius 3 is 2.56 bits per heavy atom. The Balaban J connectivity index is 1.84. The average Bonchev–Trinajstić information content (AvgIpc) is 2.68. The molecule has 5 heteroatoms. The fourth-order valence-electron chi connectivity index (χ4n) is 2.41. The van der Waals surface area contributed by atoms with Gasteiger partial charge in [-0.3, -0.25) is 9.78 Å². The zero-order valence-electron chi connectivity index (χ0n) is 13.7. The average molecular weight is 328 g/mol. The molecule has 0 saturated heterocycles. The summed E-state index contributed by atoms with van der Waals surface area (Å²) in [5.74, 6) is -0.205. The Labute approximate surface area is 146 Å². The summed E-state index contributed by atoms with van der Waals surface area (Å²) in [5, 5.41) is 12.3. The number of carbonyl (C=O) groups excluding carboxylic acids is 1. The monoisotopic (exact) mass is 328 g/mol. The van der Waals surface area contributed by atoms with Crippen LogP contribution in [-0.4, -0.2) is 17.9 Å². The van der Waals surface area contributed by atoms with Gasteiger partial charge in [-0.25, -0.2) is 0 Å². The molecule has 25 heavy (non-hydrogen) atoms. The van der Waals surface area contributed by atoms with Gasteiger partial charge in [-0.05, 0) is 36.4 Å². The van der Waals surface area contributed by atoms with Gasteiger partial charge in [0.2, 0.25) is 0 Å². The lowest BCUT2D eigenvalue weighted by Gasteiger charge is -2.17. The molecule has 1 aromatic heterocycles. The summed E-state index contributed by atoms with van der Waals surface area (Å²) in [6, 6.07) is 22.2. The number of nitriles is 1. The van der Waals surface area contributed by atoms with Gasteiger partial charge in [0.05, 0.1) is 11.3 Å². The molecule has 0 spiro atoms. The quantitative estimate of drug-likeness (QED) is 0.786. The third-order valence-electron chi connectivity index (χ3n) is 3.75. The first-order valence-electron chi connectivity index (χ1n) is 7.74. The maximum Gasteiger partial charge on any atom is 0.276 e. The van der Waals surface area contributed by atoms with E-state index in [9.17, 15) is 10.1 Å². The van der Waals surface area contributed by atoms with Gasteiger partial charge in [0.25, 0.3) is 5.91 Å². The van der Waals surface area contributed by atoms with Crippen LogP contribution in [0.5, 0.6) is 0 Å². The van der Waals surface area contributed by atoms with Crippen molar-refractivity contribution >= 4 is 23.0 Å². The third kappa shape index (κ3) is 3.65. The van der Waals surface area contributed by atoms with E-state index in [1.165, 1.54) is 0 Å². The minimum Gasteiger partial charge on any atom is -0.354 e. The van der Waals surface area contributed by atoms with Gasteiger partial charge in [0, 0.05) is 24.6 Å². The highest BCUT2D eigenvalue weighted by molar-refractivity contribution is 6.04. The highest BCUT2D eigenvalue weighted by atomic mass is 16.2.